The minimum atomic E-state index is -1.26. The van der Waals surface area contributed by atoms with Gasteiger partial charge in [-0.3, -0.25) is 4.79 Å². The minimum absolute atomic E-state index is 0.00351. The van der Waals surface area contributed by atoms with Crippen LogP contribution in [0.1, 0.15) is 43.1 Å². The van der Waals surface area contributed by atoms with Gasteiger partial charge in [-0.15, -0.1) is 0 Å². The second-order valence-electron chi connectivity index (χ2n) is 6.43. The number of carbonyl (C=O) groups excluding carboxylic acids is 1. The lowest BCUT2D eigenvalue weighted by Crippen LogP contribution is -2.39. The molecule has 1 aromatic rings. The summed E-state index contributed by atoms with van der Waals surface area (Å²) in [6.07, 6.45) is -1.28. The van der Waals surface area contributed by atoms with Crippen molar-refractivity contribution in [2.75, 3.05) is 0 Å². The fourth-order valence-corrected chi connectivity index (χ4v) is 2.65. The molecule has 0 fully saturated rings. The molecule has 0 amide bonds. The van der Waals surface area contributed by atoms with Gasteiger partial charge in [0.2, 0.25) is 0 Å². The van der Waals surface area contributed by atoms with Gasteiger partial charge in [0.25, 0.3) is 0 Å². The van der Waals surface area contributed by atoms with Crippen LogP contribution in [-0.2, 0) is 16.0 Å². The Labute approximate surface area is 150 Å². The number of carboxylic acid groups (broad SMARTS) is 1. The van der Waals surface area contributed by atoms with E-state index in [4.69, 9.17) is 38.8 Å². The zero-order valence-corrected chi connectivity index (χ0v) is 15.2. The van der Waals surface area contributed by atoms with Gasteiger partial charge in [0.1, 0.15) is 5.60 Å². The molecular formula is C16H21Cl2NO5. The molecule has 8 heteroatoms. The largest absolute Gasteiger partial charge is 0.478 e. The van der Waals surface area contributed by atoms with Crippen molar-refractivity contribution in [1.29, 1.82) is 0 Å². The molecule has 0 heterocycles. The number of aliphatic hydroxyl groups is 1. The molecule has 1 unspecified atom stereocenters. The summed E-state index contributed by atoms with van der Waals surface area (Å²) in [5.41, 5.74) is 5.33. The van der Waals surface area contributed by atoms with Crippen molar-refractivity contribution in [1.82, 2.24) is 0 Å². The molecule has 0 saturated carbocycles. The summed E-state index contributed by atoms with van der Waals surface area (Å²) in [7, 11) is 0. The van der Waals surface area contributed by atoms with Crippen LogP contribution in [0.3, 0.4) is 0 Å². The molecule has 1 rings (SSSR count). The van der Waals surface area contributed by atoms with Gasteiger partial charge in [-0.25, -0.2) is 4.79 Å². The van der Waals surface area contributed by atoms with Crippen molar-refractivity contribution in [3.05, 3.63) is 33.3 Å². The monoisotopic (exact) mass is 377 g/mol. The van der Waals surface area contributed by atoms with E-state index in [1.54, 1.807) is 20.8 Å². The molecule has 0 saturated heterocycles. The van der Waals surface area contributed by atoms with Crippen LogP contribution in [0.4, 0.5) is 0 Å². The smallest absolute Gasteiger partial charge is 0.338 e. The van der Waals surface area contributed by atoms with Crippen LogP contribution < -0.4 is 5.73 Å². The second kappa shape index (κ2) is 8.16. The van der Waals surface area contributed by atoms with Crippen LogP contribution in [0, 0.1) is 0 Å². The van der Waals surface area contributed by atoms with Crippen LogP contribution in [0.2, 0.25) is 10.0 Å². The summed E-state index contributed by atoms with van der Waals surface area (Å²) in [6, 6.07) is 2.03. The van der Waals surface area contributed by atoms with Crippen molar-refractivity contribution in [3.8, 4) is 0 Å². The van der Waals surface area contributed by atoms with E-state index in [1.165, 1.54) is 12.1 Å². The van der Waals surface area contributed by atoms with Gasteiger partial charge in [0, 0.05) is 12.5 Å². The molecule has 0 bridgehead atoms. The number of aromatic carboxylic acids is 1. The average Bonchev–Trinajstić information content (AvgIpc) is 2.39. The molecule has 6 nitrogen and oxygen atoms in total. The average molecular weight is 378 g/mol. The summed E-state index contributed by atoms with van der Waals surface area (Å²) in [5.74, 6) is -1.79. The Morgan fingerprint density at radius 1 is 1.29 bits per heavy atom. The fourth-order valence-electron chi connectivity index (χ4n) is 2.04. The Bertz CT molecular complexity index is 628. The first-order valence-corrected chi connectivity index (χ1v) is 8.03. The maximum Gasteiger partial charge on any atom is 0.338 e. The molecule has 1 aromatic carbocycles. The van der Waals surface area contributed by atoms with E-state index in [1.807, 2.05) is 0 Å². The summed E-state index contributed by atoms with van der Waals surface area (Å²) in [5, 5.41) is 19.2. The third kappa shape index (κ3) is 5.94. The highest BCUT2D eigenvalue weighted by Crippen LogP contribution is 2.29. The van der Waals surface area contributed by atoms with Gasteiger partial charge >= 0.3 is 11.9 Å². The molecule has 0 aromatic heterocycles. The van der Waals surface area contributed by atoms with Crippen LogP contribution in [0.5, 0.6) is 0 Å². The first-order valence-electron chi connectivity index (χ1n) is 7.28. The van der Waals surface area contributed by atoms with Crippen molar-refractivity contribution >= 4 is 35.1 Å². The summed E-state index contributed by atoms with van der Waals surface area (Å²) < 4.78 is 5.15. The third-order valence-electron chi connectivity index (χ3n) is 3.13. The number of halogens is 2. The Morgan fingerprint density at radius 2 is 1.88 bits per heavy atom. The van der Waals surface area contributed by atoms with E-state index in [9.17, 15) is 14.7 Å². The number of aliphatic hydroxyl groups excluding tert-OH is 1. The maximum atomic E-state index is 11.7. The lowest BCUT2D eigenvalue weighted by atomic mass is 9.99. The van der Waals surface area contributed by atoms with Gasteiger partial charge in [-0.05, 0) is 32.4 Å². The number of hydrogen-bond acceptors (Lipinski definition) is 5. The molecule has 4 N–H and O–H groups in total. The quantitative estimate of drug-likeness (QED) is 0.657. The normalized spacial score (nSPS) is 14.1. The lowest BCUT2D eigenvalue weighted by molar-refractivity contribution is -0.155. The van der Waals surface area contributed by atoms with Crippen molar-refractivity contribution in [2.45, 2.75) is 51.4 Å². The SMILES string of the molecule is CC(C)(C)OC(=O)C[C@H](N)C(O)Cc1ccc(Cl)c(C(=O)O)c1Cl. The van der Waals surface area contributed by atoms with Gasteiger partial charge in [-0.1, -0.05) is 29.3 Å². The van der Waals surface area contributed by atoms with E-state index in [0.29, 0.717) is 5.56 Å². The number of carboxylic acids is 1. The second-order valence-corrected chi connectivity index (χ2v) is 7.21. The number of hydrogen-bond donors (Lipinski definition) is 3. The number of carbonyl (C=O) groups is 2. The van der Waals surface area contributed by atoms with Crippen LogP contribution in [0.25, 0.3) is 0 Å². The zero-order valence-electron chi connectivity index (χ0n) is 13.7. The molecule has 0 radical (unpaired) electrons. The topological polar surface area (TPSA) is 110 Å². The van der Waals surface area contributed by atoms with Gasteiger partial charge in [0.05, 0.1) is 28.1 Å². The summed E-state index contributed by atoms with van der Waals surface area (Å²) in [6.45, 7) is 5.19. The highest BCUT2D eigenvalue weighted by molar-refractivity contribution is 6.39. The predicted molar refractivity (Wildman–Crippen MR) is 91.6 cm³/mol. The Hall–Kier alpha value is -1.34. The molecule has 0 aliphatic heterocycles. The third-order valence-corrected chi connectivity index (χ3v) is 3.88. The van der Waals surface area contributed by atoms with Crippen LogP contribution in [0.15, 0.2) is 12.1 Å². The minimum Gasteiger partial charge on any atom is -0.478 e. The van der Waals surface area contributed by atoms with Crippen molar-refractivity contribution in [2.24, 2.45) is 5.73 Å². The van der Waals surface area contributed by atoms with E-state index >= 15 is 0 Å². The lowest BCUT2D eigenvalue weighted by Gasteiger charge is -2.23. The summed E-state index contributed by atoms with van der Waals surface area (Å²) in [4.78, 5) is 22.9. The van der Waals surface area contributed by atoms with Crippen molar-refractivity contribution in [3.63, 3.8) is 0 Å². The number of rotatable bonds is 6. The van der Waals surface area contributed by atoms with Crippen LogP contribution in [-0.4, -0.2) is 39.9 Å². The fraction of sp³-hybridized carbons (Fsp3) is 0.500. The molecule has 0 aliphatic rings. The molecule has 2 atom stereocenters. The van der Waals surface area contributed by atoms with Gasteiger partial charge in [-0.2, -0.15) is 0 Å². The standard InChI is InChI=1S/C16H21Cl2NO5/c1-16(2,3)24-12(21)7-10(19)11(20)6-8-4-5-9(17)13(14(8)18)15(22)23/h4-5,10-11,20H,6-7,19H2,1-3H3,(H,22,23)/t10-,11?/m0/s1. The first-order chi connectivity index (χ1) is 10.9. The zero-order chi connectivity index (χ0) is 18.7. The molecule has 24 heavy (non-hydrogen) atoms. The van der Waals surface area contributed by atoms with E-state index < -0.39 is 29.7 Å². The number of benzene rings is 1. The number of nitrogens with two attached hydrogens (primary N) is 1. The number of esters is 1. The number of ether oxygens (including phenoxy) is 1. The maximum absolute atomic E-state index is 11.7. The molecule has 0 aliphatic carbocycles. The Morgan fingerprint density at radius 3 is 2.38 bits per heavy atom. The Kier molecular flexibility index (Phi) is 7.04. The van der Waals surface area contributed by atoms with E-state index in [-0.39, 0.29) is 28.5 Å². The molecular weight excluding hydrogens is 357 g/mol. The molecule has 0 spiro atoms. The van der Waals surface area contributed by atoms with E-state index in [0.717, 1.165) is 0 Å². The van der Waals surface area contributed by atoms with Crippen LogP contribution >= 0.6 is 23.2 Å². The highest BCUT2D eigenvalue weighted by atomic mass is 35.5. The summed E-state index contributed by atoms with van der Waals surface area (Å²) >= 11 is 11.9. The van der Waals surface area contributed by atoms with Gasteiger partial charge < -0.3 is 20.7 Å². The Balaban J connectivity index is 2.81. The molecule has 134 valence electrons. The van der Waals surface area contributed by atoms with Gasteiger partial charge in [0.15, 0.2) is 0 Å². The predicted octanol–water partition coefficient (Wildman–Crippen LogP) is 2.65. The van der Waals surface area contributed by atoms with E-state index in [2.05, 4.69) is 0 Å². The first kappa shape index (κ1) is 20.7. The highest BCUT2D eigenvalue weighted by Gasteiger charge is 2.25. The van der Waals surface area contributed by atoms with Crippen molar-refractivity contribution < 1.29 is 24.5 Å².